The van der Waals surface area contributed by atoms with E-state index in [1.807, 2.05) is 6.07 Å². The largest absolute Gasteiger partial charge is 0.373 e. The van der Waals surface area contributed by atoms with E-state index in [9.17, 15) is 4.79 Å². The number of ketones is 1. The molecule has 4 nitrogen and oxygen atoms in total. The molecule has 1 aromatic heterocycles. The van der Waals surface area contributed by atoms with Crippen LogP contribution in [0.15, 0.2) is 18.3 Å². The predicted octanol–water partition coefficient (Wildman–Crippen LogP) is 2.14. The van der Waals surface area contributed by atoms with Crippen LogP contribution in [0.4, 0.5) is 0 Å². The van der Waals surface area contributed by atoms with Gasteiger partial charge in [0.15, 0.2) is 0 Å². The second-order valence-corrected chi connectivity index (χ2v) is 4.85. The normalized spacial score (nSPS) is 19.9. The molecule has 1 fully saturated rings. The molecule has 1 unspecified atom stereocenters. The van der Waals surface area contributed by atoms with Gasteiger partial charge in [0, 0.05) is 18.8 Å². The van der Waals surface area contributed by atoms with Crippen molar-refractivity contribution in [1.82, 2.24) is 10.3 Å². The van der Waals surface area contributed by atoms with Gasteiger partial charge < -0.3 is 15.0 Å². The molecular weight excluding hydrogens is 228 g/mol. The van der Waals surface area contributed by atoms with Crippen LogP contribution >= 0.6 is 0 Å². The topological polar surface area (TPSA) is 54.1 Å². The van der Waals surface area contributed by atoms with Crippen molar-refractivity contribution < 1.29 is 9.53 Å². The number of piperidine rings is 1. The van der Waals surface area contributed by atoms with Crippen molar-refractivity contribution in [3.05, 3.63) is 24.0 Å². The summed E-state index contributed by atoms with van der Waals surface area (Å²) in [5, 5.41) is 3.51. The Morgan fingerprint density at radius 2 is 2.39 bits per heavy atom. The summed E-state index contributed by atoms with van der Waals surface area (Å²) in [6, 6.07) is 4.25. The van der Waals surface area contributed by atoms with E-state index in [2.05, 4.69) is 10.3 Å². The summed E-state index contributed by atoms with van der Waals surface area (Å²) < 4.78 is 5.41. The first-order valence-corrected chi connectivity index (χ1v) is 6.84. The van der Waals surface area contributed by atoms with Crippen LogP contribution in [-0.2, 0) is 4.74 Å². The molecule has 1 aliphatic heterocycles. The van der Waals surface area contributed by atoms with Crippen molar-refractivity contribution in [2.45, 2.75) is 38.1 Å². The van der Waals surface area contributed by atoms with Crippen LogP contribution in [-0.4, -0.2) is 36.6 Å². The number of H-pyrrole nitrogens is 1. The number of Topliss-reactive ketones (excluding diaryl/α,β-unsaturated/α-hetero) is 1. The molecule has 2 heterocycles. The van der Waals surface area contributed by atoms with Crippen molar-refractivity contribution in [1.29, 1.82) is 0 Å². The molecule has 1 aliphatic rings. The van der Waals surface area contributed by atoms with Gasteiger partial charge in [-0.15, -0.1) is 0 Å². The summed E-state index contributed by atoms with van der Waals surface area (Å²) in [6.07, 6.45) is 7.84. The third-order valence-corrected chi connectivity index (χ3v) is 3.39. The number of hydrogen-bond acceptors (Lipinski definition) is 3. The lowest BCUT2D eigenvalue weighted by Crippen LogP contribution is -2.34. The van der Waals surface area contributed by atoms with Gasteiger partial charge in [-0.3, -0.25) is 4.79 Å². The van der Waals surface area contributed by atoms with Crippen LogP contribution in [0, 0.1) is 0 Å². The Morgan fingerprint density at radius 1 is 1.44 bits per heavy atom. The first-order valence-electron chi connectivity index (χ1n) is 6.84. The fourth-order valence-corrected chi connectivity index (χ4v) is 2.35. The Kier molecular flexibility index (Phi) is 5.42. The smallest absolute Gasteiger partial charge is 0.204 e. The summed E-state index contributed by atoms with van der Waals surface area (Å²) >= 11 is 0. The molecule has 0 bridgehead atoms. The molecule has 0 aliphatic carbocycles. The lowest BCUT2D eigenvalue weighted by Gasteiger charge is -2.23. The van der Waals surface area contributed by atoms with E-state index >= 15 is 0 Å². The summed E-state index contributed by atoms with van der Waals surface area (Å²) in [7, 11) is 0. The van der Waals surface area contributed by atoms with Gasteiger partial charge in [-0.1, -0.05) is 6.42 Å². The van der Waals surface area contributed by atoms with Crippen LogP contribution in [0.2, 0.25) is 0 Å². The van der Waals surface area contributed by atoms with E-state index in [0.29, 0.717) is 18.3 Å². The minimum atomic E-state index is 0.0239. The zero-order chi connectivity index (χ0) is 12.6. The molecule has 18 heavy (non-hydrogen) atoms. The highest BCUT2D eigenvalue weighted by Crippen LogP contribution is 2.11. The first kappa shape index (κ1) is 13.3. The van der Waals surface area contributed by atoms with Crippen LogP contribution in [0.5, 0.6) is 0 Å². The molecule has 0 saturated carbocycles. The number of carbonyl (C=O) groups excluding carboxylic acids is 1. The zero-order valence-corrected chi connectivity index (χ0v) is 10.8. The molecule has 1 saturated heterocycles. The van der Waals surface area contributed by atoms with E-state index in [4.69, 9.17) is 4.74 Å². The van der Waals surface area contributed by atoms with E-state index < -0.39 is 0 Å². The highest BCUT2D eigenvalue weighted by atomic mass is 16.5. The number of carbonyl (C=O) groups is 1. The van der Waals surface area contributed by atoms with Gasteiger partial charge in [0.2, 0.25) is 5.78 Å². The quantitative estimate of drug-likeness (QED) is 0.576. The predicted molar refractivity (Wildman–Crippen MR) is 70.8 cm³/mol. The molecule has 100 valence electrons. The number of aromatic amines is 1. The lowest BCUT2D eigenvalue weighted by molar-refractivity contribution is 0.0744. The third-order valence-electron chi connectivity index (χ3n) is 3.39. The van der Waals surface area contributed by atoms with Gasteiger partial charge >= 0.3 is 0 Å². The van der Waals surface area contributed by atoms with Crippen LogP contribution in [0.3, 0.4) is 0 Å². The van der Waals surface area contributed by atoms with Crippen molar-refractivity contribution >= 4 is 5.78 Å². The van der Waals surface area contributed by atoms with Gasteiger partial charge in [0.1, 0.15) is 6.61 Å². The summed E-state index contributed by atoms with van der Waals surface area (Å²) in [6.45, 7) is 2.00. The van der Waals surface area contributed by atoms with Crippen LogP contribution < -0.4 is 5.32 Å². The first-order chi connectivity index (χ1) is 8.86. The Morgan fingerprint density at radius 3 is 3.11 bits per heavy atom. The summed E-state index contributed by atoms with van der Waals surface area (Å²) in [4.78, 5) is 14.5. The fourth-order valence-electron chi connectivity index (χ4n) is 2.35. The second-order valence-electron chi connectivity index (χ2n) is 4.85. The highest BCUT2D eigenvalue weighted by molar-refractivity contribution is 5.95. The van der Waals surface area contributed by atoms with E-state index in [1.54, 1.807) is 12.3 Å². The monoisotopic (exact) mass is 250 g/mol. The Bertz CT molecular complexity index is 343. The molecule has 0 spiro atoms. The van der Waals surface area contributed by atoms with Crippen molar-refractivity contribution in [2.75, 3.05) is 19.8 Å². The maximum atomic E-state index is 11.6. The number of rotatable bonds is 7. The van der Waals surface area contributed by atoms with E-state index in [0.717, 1.165) is 19.4 Å². The number of ether oxygens (including phenoxy) is 1. The average molecular weight is 250 g/mol. The number of aromatic nitrogens is 1. The van der Waals surface area contributed by atoms with Gasteiger partial charge in [0.25, 0.3) is 0 Å². The standard InChI is InChI=1S/C14H22N2O2/c17-14(13-7-3-9-16-13)11-18-10-4-6-12-5-1-2-8-15-12/h3,7,9,12,15-16H,1-2,4-6,8,10-11H2. The SMILES string of the molecule is O=C(COCCCC1CCCCN1)c1ccc[nH]1. The van der Waals surface area contributed by atoms with Gasteiger partial charge in [-0.25, -0.2) is 0 Å². The molecule has 4 heteroatoms. The van der Waals surface area contributed by atoms with Crippen molar-refractivity contribution in [2.24, 2.45) is 0 Å². The molecule has 0 amide bonds. The molecule has 2 rings (SSSR count). The molecule has 0 aromatic carbocycles. The molecular formula is C14H22N2O2. The van der Waals surface area contributed by atoms with Gasteiger partial charge in [-0.05, 0) is 44.4 Å². The minimum Gasteiger partial charge on any atom is -0.373 e. The summed E-state index contributed by atoms with van der Waals surface area (Å²) in [5.41, 5.74) is 0.629. The van der Waals surface area contributed by atoms with Gasteiger partial charge in [-0.2, -0.15) is 0 Å². The zero-order valence-electron chi connectivity index (χ0n) is 10.8. The molecule has 1 atom stereocenters. The third kappa shape index (κ3) is 4.27. The van der Waals surface area contributed by atoms with Gasteiger partial charge in [0.05, 0.1) is 5.69 Å². The fraction of sp³-hybridized carbons (Fsp3) is 0.643. The lowest BCUT2D eigenvalue weighted by atomic mass is 10.0. The van der Waals surface area contributed by atoms with Crippen molar-refractivity contribution in [3.8, 4) is 0 Å². The maximum Gasteiger partial charge on any atom is 0.204 e. The minimum absolute atomic E-state index is 0.0239. The highest BCUT2D eigenvalue weighted by Gasteiger charge is 2.12. The Hall–Kier alpha value is -1.13. The Labute approximate surface area is 108 Å². The second kappa shape index (κ2) is 7.34. The van der Waals surface area contributed by atoms with E-state index in [-0.39, 0.29) is 12.4 Å². The van der Waals surface area contributed by atoms with E-state index in [1.165, 1.54) is 19.3 Å². The number of hydrogen-bond donors (Lipinski definition) is 2. The molecule has 1 aromatic rings. The average Bonchev–Trinajstić information content (AvgIpc) is 2.93. The Balaban J connectivity index is 1.52. The molecule has 2 N–H and O–H groups in total. The summed E-state index contributed by atoms with van der Waals surface area (Å²) in [5.74, 6) is 0.0239. The number of nitrogens with one attached hydrogen (secondary N) is 2. The van der Waals surface area contributed by atoms with Crippen molar-refractivity contribution in [3.63, 3.8) is 0 Å². The van der Waals surface area contributed by atoms with Crippen LogP contribution in [0.1, 0.15) is 42.6 Å². The van der Waals surface area contributed by atoms with Crippen LogP contribution in [0.25, 0.3) is 0 Å². The maximum absolute atomic E-state index is 11.6. The molecule has 0 radical (unpaired) electrons.